The Morgan fingerprint density at radius 2 is 2.18 bits per heavy atom. The number of amides is 2. The van der Waals surface area contributed by atoms with Gasteiger partial charge in [-0.1, -0.05) is 13.8 Å². The van der Waals surface area contributed by atoms with Crippen LogP contribution in [0.5, 0.6) is 0 Å². The maximum atomic E-state index is 12.4. The first-order valence-corrected chi connectivity index (χ1v) is 8.15. The van der Waals surface area contributed by atoms with Crippen LogP contribution in [-0.4, -0.2) is 39.1 Å². The lowest BCUT2D eigenvalue weighted by Gasteiger charge is -2.33. The maximum absolute atomic E-state index is 12.4. The van der Waals surface area contributed by atoms with E-state index >= 15 is 0 Å². The van der Waals surface area contributed by atoms with Gasteiger partial charge in [-0.15, -0.1) is 0 Å². The molecule has 2 aliphatic rings. The molecule has 120 valence electrons. The van der Waals surface area contributed by atoms with E-state index in [-0.39, 0.29) is 11.8 Å². The Bertz CT molecular complexity index is 562. The van der Waals surface area contributed by atoms with Gasteiger partial charge in [0.05, 0.1) is 18.8 Å². The van der Waals surface area contributed by atoms with E-state index in [0.29, 0.717) is 31.5 Å². The van der Waals surface area contributed by atoms with Gasteiger partial charge < -0.3 is 10.2 Å². The van der Waals surface area contributed by atoms with Crippen LogP contribution in [0.1, 0.15) is 51.3 Å². The molecule has 2 amide bonds. The van der Waals surface area contributed by atoms with E-state index in [9.17, 15) is 9.59 Å². The van der Waals surface area contributed by atoms with Gasteiger partial charge in [0.15, 0.2) is 0 Å². The van der Waals surface area contributed by atoms with Gasteiger partial charge in [-0.3, -0.25) is 14.3 Å². The predicted octanol–water partition coefficient (Wildman–Crippen LogP) is 1.48. The first kappa shape index (κ1) is 15.1. The highest BCUT2D eigenvalue weighted by molar-refractivity contribution is 5.83. The van der Waals surface area contributed by atoms with Crippen LogP contribution in [0.15, 0.2) is 12.3 Å². The van der Waals surface area contributed by atoms with Crippen LogP contribution in [0.4, 0.5) is 0 Å². The van der Waals surface area contributed by atoms with Crippen LogP contribution in [0.3, 0.4) is 0 Å². The van der Waals surface area contributed by atoms with E-state index in [1.807, 2.05) is 6.07 Å². The smallest absolute Gasteiger partial charge is 0.246 e. The molecule has 2 heterocycles. The summed E-state index contributed by atoms with van der Waals surface area (Å²) in [5.41, 5.74) is 0.931. The highest BCUT2D eigenvalue weighted by Gasteiger charge is 2.35. The molecule has 1 aliphatic carbocycles. The normalized spacial score (nSPS) is 20.9. The molecule has 1 aromatic rings. The Balaban J connectivity index is 1.70. The fourth-order valence-corrected chi connectivity index (χ4v) is 2.77. The second-order valence-corrected chi connectivity index (χ2v) is 6.77. The predicted molar refractivity (Wildman–Crippen MR) is 81.9 cm³/mol. The van der Waals surface area contributed by atoms with Gasteiger partial charge >= 0.3 is 0 Å². The molecule has 0 radical (unpaired) electrons. The van der Waals surface area contributed by atoms with Gasteiger partial charge in [-0.05, 0) is 31.2 Å². The van der Waals surface area contributed by atoms with Gasteiger partial charge in [0, 0.05) is 18.7 Å². The summed E-state index contributed by atoms with van der Waals surface area (Å²) in [4.78, 5) is 26.6. The number of nitrogens with one attached hydrogen (secondary N) is 1. The van der Waals surface area contributed by atoms with E-state index in [0.717, 1.165) is 25.0 Å². The summed E-state index contributed by atoms with van der Waals surface area (Å²) in [5.74, 6) is 0.618. The van der Waals surface area contributed by atoms with E-state index in [2.05, 4.69) is 24.3 Å². The molecule has 1 aliphatic heterocycles. The lowest BCUT2D eigenvalue weighted by Crippen LogP contribution is -2.47. The minimum Gasteiger partial charge on any atom is -0.351 e. The standard InChI is InChI=1S/C16H24N4O2/c1-11(2)3-6-15(21)19-9-13-7-8-17-20(13)14(10-19)16(22)18-12-4-5-12/h7-8,11-12,14H,3-6,9-10H2,1-2H3,(H,18,22)/t14-/m0/s1. The summed E-state index contributed by atoms with van der Waals surface area (Å²) in [5, 5.41) is 7.30. The van der Waals surface area contributed by atoms with Gasteiger partial charge in [-0.2, -0.15) is 5.10 Å². The van der Waals surface area contributed by atoms with Crippen LogP contribution in [0, 0.1) is 5.92 Å². The number of aromatic nitrogens is 2. The average Bonchev–Trinajstić information content (AvgIpc) is 3.16. The van der Waals surface area contributed by atoms with E-state index < -0.39 is 6.04 Å². The SMILES string of the molecule is CC(C)CCC(=O)N1Cc2ccnn2[C@H](C(=O)NC2CC2)C1. The highest BCUT2D eigenvalue weighted by Crippen LogP contribution is 2.24. The third-order valence-corrected chi connectivity index (χ3v) is 4.31. The minimum absolute atomic E-state index is 0.0196. The van der Waals surface area contributed by atoms with Crippen molar-refractivity contribution in [3.8, 4) is 0 Å². The van der Waals surface area contributed by atoms with Crippen LogP contribution < -0.4 is 5.32 Å². The van der Waals surface area contributed by atoms with Crippen molar-refractivity contribution in [1.82, 2.24) is 20.0 Å². The Labute approximate surface area is 130 Å². The molecule has 0 unspecified atom stereocenters. The fourth-order valence-electron chi connectivity index (χ4n) is 2.77. The van der Waals surface area contributed by atoms with Crippen molar-refractivity contribution < 1.29 is 9.59 Å². The van der Waals surface area contributed by atoms with Gasteiger partial charge in [0.25, 0.3) is 0 Å². The van der Waals surface area contributed by atoms with Crippen LogP contribution in [-0.2, 0) is 16.1 Å². The summed E-state index contributed by atoms with van der Waals surface area (Å²) in [6.07, 6.45) is 5.24. The molecule has 1 aromatic heterocycles. The lowest BCUT2D eigenvalue weighted by molar-refractivity contribution is -0.135. The molecule has 0 spiro atoms. The third-order valence-electron chi connectivity index (χ3n) is 4.31. The summed E-state index contributed by atoms with van der Waals surface area (Å²) in [6.45, 7) is 5.20. The van der Waals surface area contributed by atoms with Crippen molar-refractivity contribution in [2.45, 2.75) is 58.2 Å². The lowest BCUT2D eigenvalue weighted by atomic mass is 10.1. The highest BCUT2D eigenvalue weighted by atomic mass is 16.2. The number of carbonyl (C=O) groups is 2. The van der Waals surface area contributed by atoms with Crippen LogP contribution in [0.25, 0.3) is 0 Å². The molecule has 0 bridgehead atoms. The molecule has 6 heteroatoms. The number of hydrogen-bond acceptors (Lipinski definition) is 3. The summed E-state index contributed by atoms with van der Waals surface area (Å²) in [7, 11) is 0. The second kappa shape index (κ2) is 6.10. The largest absolute Gasteiger partial charge is 0.351 e. The van der Waals surface area contributed by atoms with Crippen molar-refractivity contribution in [2.24, 2.45) is 5.92 Å². The average molecular weight is 304 g/mol. The Morgan fingerprint density at radius 3 is 2.86 bits per heavy atom. The molecule has 22 heavy (non-hydrogen) atoms. The summed E-state index contributed by atoms with van der Waals surface area (Å²) >= 11 is 0. The van der Waals surface area contributed by atoms with Crippen LogP contribution >= 0.6 is 0 Å². The van der Waals surface area contributed by atoms with Crippen molar-refractivity contribution >= 4 is 11.8 Å². The van der Waals surface area contributed by atoms with Crippen molar-refractivity contribution in [1.29, 1.82) is 0 Å². The molecule has 1 fully saturated rings. The van der Waals surface area contributed by atoms with Crippen molar-refractivity contribution in [3.05, 3.63) is 18.0 Å². The van der Waals surface area contributed by atoms with E-state index in [1.165, 1.54) is 0 Å². The molecule has 0 saturated heterocycles. The third kappa shape index (κ3) is 3.31. The molecule has 0 aromatic carbocycles. The van der Waals surface area contributed by atoms with E-state index in [1.54, 1.807) is 15.8 Å². The number of rotatable bonds is 5. The first-order valence-electron chi connectivity index (χ1n) is 8.15. The number of carbonyl (C=O) groups excluding carboxylic acids is 2. The van der Waals surface area contributed by atoms with Crippen molar-refractivity contribution in [2.75, 3.05) is 6.54 Å². The van der Waals surface area contributed by atoms with Crippen molar-refractivity contribution in [3.63, 3.8) is 0 Å². The second-order valence-electron chi connectivity index (χ2n) is 6.77. The maximum Gasteiger partial charge on any atom is 0.246 e. The molecule has 1 saturated carbocycles. The van der Waals surface area contributed by atoms with E-state index in [4.69, 9.17) is 0 Å². The summed E-state index contributed by atoms with van der Waals surface area (Å²) in [6, 6.07) is 1.81. The Kier molecular flexibility index (Phi) is 4.18. The van der Waals surface area contributed by atoms with Gasteiger partial charge in [-0.25, -0.2) is 0 Å². The zero-order valence-corrected chi connectivity index (χ0v) is 13.3. The topological polar surface area (TPSA) is 67.2 Å². The monoisotopic (exact) mass is 304 g/mol. The van der Waals surface area contributed by atoms with Gasteiger partial charge in [0.2, 0.25) is 11.8 Å². The molecular formula is C16H24N4O2. The number of nitrogens with zero attached hydrogens (tertiary/aromatic N) is 3. The minimum atomic E-state index is -0.401. The first-order chi connectivity index (χ1) is 10.5. The van der Waals surface area contributed by atoms with Gasteiger partial charge in [0.1, 0.15) is 6.04 Å². The molecular weight excluding hydrogens is 280 g/mol. The molecule has 1 N–H and O–H groups in total. The molecule has 1 atom stereocenters. The summed E-state index contributed by atoms with van der Waals surface area (Å²) < 4.78 is 1.77. The fraction of sp³-hybridized carbons (Fsp3) is 0.688. The molecule has 3 rings (SSSR count). The zero-order chi connectivity index (χ0) is 15.7. The molecule has 6 nitrogen and oxygen atoms in total. The number of hydrogen-bond donors (Lipinski definition) is 1. The Hall–Kier alpha value is -1.85. The quantitative estimate of drug-likeness (QED) is 0.896. The zero-order valence-electron chi connectivity index (χ0n) is 13.3. The number of fused-ring (bicyclic) bond motifs is 1. The van der Waals surface area contributed by atoms with Crippen LogP contribution in [0.2, 0.25) is 0 Å². The Morgan fingerprint density at radius 1 is 1.41 bits per heavy atom.